The van der Waals surface area contributed by atoms with E-state index in [-0.39, 0.29) is 36.0 Å². The Morgan fingerprint density at radius 1 is 1.15 bits per heavy atom. The van der Waals surface area contributed by atoms with Gasteiger partial charge in [0.1, 0.15) is 11.6 Å². The molecule has 1 aliphatic rings. The van der Waals surface area contributed by atoms with E-state index in [2.05, 4.69) is 5.32 Å². The first-order valence-corrected chi connectivity index (χ1v) is 8.53. The van der Waals surface area contributed by atoms with E-state index >= 15 is 0 Å². The fourth-order valence-electron chi connectivity index (χ4n) is 3.34. The lowest BCUT2D eigenvalue weighted by Gasteiger charge is -2.36. The molecule has 0 aromatic heterocycles. The number of benzene rings is 1. The van der Waals surface area contributed by atoms with Crippen LogP contribution in [0.25, 0.3) is 0 Å². The molecule has 1 aliphatic carbocycles. The number of amides is 2. The van der Waals surface area contributed by atoms with Crippen LogP contribution in [-0.2, 0) is 9.59 Å². The van der Waals surface area contributed by atoms with Crippen molar-refractivity contribution < 1.29 is 18.4 Å². The van der Waals surface area contributed by atoms with Crippen LogP contribution < -0.4 is 11.1 Å². The molecule has 1 fully saturated rings. The van der Waals surface area contributed by atoms with Crippen LogP contribution in [0.3, 0.4) is 0 Å². The van der Waals surface area contributed by atoms with Gasteiger partial charge in [-0.3, -0.25) is 9.59 Å². The van der Waals surface area contributed by atoms with Gasteiger partial charge in [0, 0.05) is 25.2 Å². The number of hydrogen-bond donors (Lipinski definition) is 2. The molecule has 26 heavy (non-hydrogen) atoms. The average Bonchev–Trinajstić information content (AvgIpc) is 2.54. The van der Waals surface area contributed by atoms with E-state index in [9.17, 15) is 18.4 Å². The Hall–Kier alpha value is -1.73. The van der Waals surface area contributed by atoms with E-state index in [0.29, 0.717) is 13.0 Å². The highest BCUT2D eigenvalue weighted by Gasteiger charge is 2.34. The Labute approximate surface area is 158 Å². The number of carbonyl (C=O) groups excluding carboxylic acids is 2. The molecule has 0 unspecified atom stereocenters. The van der Waals surface area contributed by atoms with E-state index in [1.54, 1.807) is 7.05 Å². The zero-order valence-electron chi connectivity index (χ0n) is 14.9. The summed E-state index contributed by atoms with van der Waals surface area (Å²) in [7, 11) is 1.54. The van der Waals surface area contributed by atoms with Gasteiger partial charge in [0.2, 0.25) is 11.8 Å². The molecule has 8 heteroatoms. The third-order valence-electron chi connectivity index (χ3n) is 4.83. The summed E-state index contributed by atoms with van der Waals surface area (Å²) >= 11 is 0. The number of anilines is 1. The summed E-state index contributed by atoms with van der Waals surface area (Å²) in [6.07, 6.45) is 5.48. The summed E-state index contributed by atoms with van der Waals surface area (Å²) in [4.78, 5) is 25.8. The van der Waals surface area contributed by atoms with E-state index in [1.807, 2.05) is 0 Å². The van der Waals surface area contributed by atoms with Crippen LogP contribution in [-0.4, -0.2) is 36.9 Å². The lowest BCUT2D eigenvalue weighted by Crippen LogP contribution is -2.41. The molecule has 0 atom stereocenters. The largest absolute Gasteiger partial charge is 0.336 e. The third-order valence-corrected chi connectivity index (χ3v) is 4.83. The van der Waals surface area contributed by atoms with Crippen molar-refractivity contribution in [2.24, 2.45) is 11.1 Å². The molecule has 0 heterocycles. The second-order valence-corrected chi connectivity index (χ2v) is 6.90. The molecular formula is C18H26ClF2N3O2. The first-order valence-electron chi connectivity index (χ1n) is 8.53. The van der Waals surface area contributed by atoms with Crippen LogP contribution in [0.2, 0.25) is 0 Å². The summed E-state index contributed by atoms with van der Waals surface area (Å²) in [6, 6.07) is 2.77. The minimum Gasteiger partial charge on any atom is -0.336 e. The van der Waals surface area contributed by atoms with Gasteiger partial charge >= 0.3 is 0 Å². The smallest absolute Gasteiger partial charge is 0.243 e. The number of nitrogens with one attached hydrogen (secondary N) is 1. The molecule has 0 spiro atoms. The van der Waals surface area contributed by atoms with Gasteiger partial charge in [-0.2, -0.15) is 0 Å². The van der Waals surface area contributed by atoms with Crippen molar-refractivity contribution in [1.82, 2.24) is 4.90 Å². The molecule has 1 aromatic carbocycles. The van der Waals surface area contributed by atoms with Gasteiger partial charge in [-0.05, 0) is 36.9 Å². The molecular weight excluding hydrogens is 364 g/mol. The molecule has 2 amide bonds. The average molecular weight is 390 g/mol. The number of rotatable bonds is 6. The minimum absolute atomic E-state index is 0. The van der Waals surface area contributed by atoms with Gasteiger partial charge in [0.25, 0.3) is 0 Å². The second-order valence-electron chi connectivity index (χ2n) is 6.90. The van der Waals surface area contributed by atoms with E-state index in [0.717, 1.165) is 43.9 Å². The van der Waals surface area contributed by atoms with Crippen LogP contribution in [0.4, 0.5) is 14.5 Å². The van der Waals surface area contributed by atoms with Gasteiger partial charge < -0.3 is 16.0 Å². The van der Waals surface area contributed by atoms with Crippen LogP contribution in [0.15, 0.2) is 18.2 Å². The normalized spacial score (nSPS) is 15.7. The van der Waals surface area contributed by atoms with Gasteiger partial charge in [0.15, 0.2) is 0 Å². The maximum Gasteiger partial charge on any atom is 0.243 e. The van der Waals surface area contributed by atoms with Crippen LogP contribution in [0.5, 0.6) is 0 Å². The minimum atomic E-state index is -0.776. The molecule has 2 rings (SSSR count). The molecule has 1 aromatic rings. The van der Waals surface area contributed by atoms with Crippen LogP contribution in [0, 0.1) is 17.0 Å². The summed E-state index contributed by atoms with van der Waals surface area (Å²) in [5.41, 5.74) is 5.74. The molecule has 146 valence electrons. The van der Waals surface area contributed by atoms with Crippen molar-refractivity contribution in [1.29, 1.82) is 0 Å². The standard InChI is InChI=1S/C18H25F2N3O2.ClH/c1-23(17(25)10-18(12-21)5-3-2-4-6-18)11-16(24)22-15-8-13(19)7-14(20)9-15;/h7-9H,2-6,10-12,21H2,1H3,(H,22,24);1H. The van der Waals surface area contributed by atoms with Crippen molar-refractivity contribution in [3.63, 3.8) is 0 Å². The number of halogens is 3. The Morgan fingerprint density at radius 3 is 2.27 bits per heavy atom. The van der Waals surface area contributed by atoms with Crippen molar-refractivity contribution in [3.8, 4) is 0 Å². The lowest BCUT2D eigenvalue weighted by atomic mass is 9.71. The van der Waals surface area contributed by atoms with Gasteiger partial charge in [0.05, 0.1) is 6.54 Å². The monoisotopic (exact) mass is 389 g/mol. The molecule has 1 saturated carbocycles. The summed E-state index contributed by atoms with van der Waals surface area (Å²) in [6.45, 7) is 0.277. The van der Waals surface area contributed by atoms with E-state index < -0.39 is 17.5 Å². The number of nitrogens with two attached hydrogens (primary N) is 1. The zero-order chi connectivity index (χ0) is 18.4. The maximum absolute atomic E-state index is 13.1. The van der Waals surface area contributed by atoms with Crippen molar-refractivity contribution in [2.75, 3.05) is 25.5 Å². The van der Waals surface area contributed by atoms with E-state index in [1.165, 1.54) is 11.3 Å². The van der Waals surface area contributed by atoms with Gasteiger partial charge in [-0.25, -0.2) is 8.78 Å². The quantitative estimate of drug-likeness (QED) is 0.785. The molecule has 0 aliphatic heterocycles. The molecule has 3 N–H and O–H groups in total. The second kappa shape index (κ2) is 9.83. The Bertz CT molecular complexity index is 617. The topological polar surface area (TPSA) is 75.4 Å². The first-order chi connectivity index (χ1) is 11.8. The summed E-state index contributed by atoms with van der Waals surface area (Å²) in [5, 5.41) is 2.40. The maximum atomic E-state index is 13.1. The SMILES string of the molecule is CN(CC(=O)Nc1cc(F)cc(F)c1)C(=O)CC1(CN)CCCCC1.Cl. The lowest BCUT2D eigenvalue weighted by molar-refractivity contribution is -0.135. The highest BCUT2D eigenvalue weighted by atomic mass is 35.5. The van der Waals surface area contributed by atoms with Gasteiger partial charge in [-0.1, -0.05) is 19.3 Å². The number of likely N-dealkylation sites (N-methyl/N-ethyl adjacent to an activating group) is 1. The van der Waals surface area contributed by atoms with Crippen molar-refractivity contribution >= 4 is 29.9 Å². The highest BCUT2D eigenvalue weighted by Crippen LogP contribution is 2.38. The molecule has 5 nitrogen and oxygen atoms in total. The third kappa shape index (κ3) is 6.21. The van der Waals surface area contributed by atoms with E-state index in [4.69, 9.17) is 5.73 Å². The summed E-state index contributed by atoms with van der Waals surface area (Å²) < 4.78 is 26.3. The molecule has 0 saturated heterocycles. The number of carbonyl (C=O) groups is 2. The predicted octanol–water partition coefficient (Wildman–Crippen LogP) is 3.08. The van der Waals surface area contributed by atoms with Gasteiger partial charge in [-0.15, -0.1) is 12.4 Å². The Morgan fingerprint density at radius 2 is 1.73 bits per heavy atom. The van der Waals surface area contributed by atoms with Crippen molar-refractivity contribution in [3.05, 3.63) is 29.8 Å². The first kappa shape index (κ1) is 22.3. The van der Waals surface area contributed by atoms with Crippen LogP contribution >= 0.6 is 12.4 Å². The number of nitrogens with zero attached hydrogens (tertiary/aromatic N) is 1. The summed E-state index contributed by atoms with van der Waals surface area (Å²) in [5.74, 6) is -2.21. The highest BCUT2D eigenvalue weighted by molar-refractivity contribution is 5.94. The van der Waals surface area contributed by atoms with Crippen molar-refractivity contribution in [2.45, 2.75) is 38.5 Å². The molecule has 0 radical (unpaired) electrons. The fraction of sp³-hybridized carbons (Fsp3) is 0.556. The van der Waals surface area contributed by atoms with Crippen LogP contribution in [0.1, 0.15) is 38.5 Å². The zero-order valence-corrected chi connectivity index (χ0v) is 15.7. The molecule has 0 bridgehead atoms. The predicted molar refractivity (Wildman–Crippen MR) is 99.1 cm³/mol. The fourth-order valence-corrected chi connectivity index (χ4v) is 3.34. The number of hydrogen-bond acceptors (Lipinski definition) is 3. The Kier molecular flexibility index (Phi) is 8.43. The Balaban J connectivity index is 0.00000338.